The van der Waals surface area contributed by atoms with Gasteiger partial charge in [0.05, 0.1) is 11.9 Å². The molecule has 0 saturated heterocycles. The summed E-state index contributed by atoms with van der Waals surface area (Å²) in [5.41, 5.74) is 1.62. The number of hydrogen-bond acceptors (Lipinski definition) is 4. The molecule has 0 bridgehead atoms. The number of sulfonamides is 1. The van der Waals surface area contributed by atoms with Crippen molar-refractivity contribution < 1.29 is 18.0 Å². The van der Waals surface area contributed by atoms with Gasteiger partial charge >= 0.3 is 0 Å². The van der Waals surface area contributed by atoms with Crippen molar-refractivity contribution in [3.05, 3.63) is 63.6 Å². The van der Waals surface area contributed by atoms with Crippen molar-refractivity contribution in [3.8, 4) is 0 Å². The van der Waals surface area contributed by atoms with E-state index in [4.69, 9.17) is 23.2 Å². The fraction of sp³-hybridized carbons (Fsp3) is 0.462. The van der Waals surface area contributed by atoms with Gasteiger partial charge in [0.15, 0.2) is 0 Å². The van der Waals surface area contributed by atoms with Crippen LogP contribution in [0.5, 0.6) is 0 Å². The van der Waals surface area contributed by atoms with E-state index in [2.05, 4.69) is 5.32 Å². The number of benzene rings is 2. The van der Waals surface area contributed by atoms with E-state index in [0.29, 0.717) is 33.3 Å². The molecule has 0 spiro atoms. The van der Waals surface area contributed by atoms with E-state index >= 15 is 0 Å². The normalized spacial score (nSPS) is 14.9. The maximum atomic E-state index is 13.8. The van der Waals surface area contributed by atoms with Gasteiger partial charge in [0.2, 0.25) is 21.8 Å². The molecule has 0 aromatic heterocycles. The summed E-state index contributed by atoms with van der Waals surface area (Å²) in [7, 11) is -3.80. The minimum Gasteiger partial charge on any atom is -0.352 e. The third-order valence-electron chi connectivity index (χ3n) is 6.54. The predicted molar refractivity (Wildman–Crippen MR) is 145 cm³/mol. The molecule has 1 fully saturated rings. The molecular formula is C26H33Cl2N3O4S. The SMILES string of the molecule is CC[C@H](C(=O)NC1CCCC1)N(Cc1c(Cl)cccc1Cl)C(=O)CN(c1ccccc1C)S(C)(=O)=O. The summed E-state index contributed by atoms with van der Waals surface area (Å²) in [5, 5.41) is 3.81. The van der Waals surface area contributed by atoms with Crippen molar-refractivity contribution in [2.45, 2.75) is 64.6 Å². The highest BCUT2D eigenvalue weighted by molar-refractivity contribution is 7.92. The number of nitrogens with zero attached hydrogens (tertiary/aromatic N) is 2. The van der Waals surface area contributed by atoms with Gasteiger partial charge in [0.25, 0.3) is 0 Å². The molecule has 0 radical (unpaired) electrons. The van der Waals surface area contributed by atoms with E-state index in [1.165, 1.54) is 4.90 Å². The average Bonchev–Trinajstić information content (AvgIpc) is 3.32. The second-order valence-electron chi connectivity index (χ2n) is 9.19. The van der Waals surface area contributed by atoms with Crippen molar-refractivity contribution in [2.24, 2.45) is 0 Å². The molecule has 2 amide bonds. The third-order valence-corrected chi connectivity index (χ3v) is 8.38. The lowest BCUT2D eigenvalue weighted by Crippen LogP contribution is -2.53. The van der Waals surface area contributed by atoms with E-state index in [-0.39, 0.29) is 18.5 Å². The van der Waals surface area contributed by atoms with Crippen molar-refractivity contribution >= 4 is 50.7 Å². The second kappa shape index (κ2) is 12.3. The smallest absolute Gasteiger partial charge is 0.244 e. The van der Waals surface area contributed by atoms with Gasteiger partial charge in [-0.15, -0.1) is 0 Å². The number of anilines is 1. The molecule has 2 aromatic carbocycles. The lowest BCUT2D eigenvalue weighted by molar-refractivity contribution is -0.140. The molecule has 2 aromatic rings. The number of halogens is 2. The number of amides is 2. The van der Waals surface area contributed by atoms with Gasteiger partial charge in [0.1, 0.15) is 12.6 Å². The fourth-order valence-corrected chi connectivity index (χ4v) is 6.00. The van der Waals surface area contributed by atoms with Crippen molar-refractivity contribution in [1.29, 1.82) is 0 Å². The van der Waals surface area contributed by atoms with Crippen LogP contribution in [0, 0.1) is 6.92 Å². The Morgan fingerprint density at radius 1 is 1.06 bits per heavy atom. The maximum Gasteiger partial charge on any atom is 0.244 e. The number of aryl methyl sites for hydroxylation is 1. The Balaban J connectivity index is 1.98. The Bertz CT molecular complexity index is 1180. The summed E-state index contributed by atoms with van der Waals surface area (Å²) >= 11 is 12.8. The topological polar surface area (TPSA) is 86.8 Å². The minimum atomic E-state index is -3.80. The molecule has 1 aliphatic carbocycles. The van der Waals surface area contributed by atoms with E-state index in [9.17, 15) is 18.0 Å². The zero-order valence-corrected chi connectivity index (χ0v) is 23.2. The fourth-order valence-electron chi connectivity index (χ4n) is 4.58. The quantitative estimate of drug-likeness (QED) is 0.451. The first-order valence-electron chi connectivity index (χ1n) is 12.1. The van der Waals surface area contributed by atoms with Crippen LogP contribution in [0.4, 0.5) is 5.69 Å². The van der Waals surface area contributed by atoms with Crippen LogP contribution < -0.4 is 9.62 Å². The highest BCUT2D eigenvalue weighted by atomic mass is 35.5. The average molecular weight is 555 g/mol. The number of nitrogens with one attached hydrogen (secondary N) is 1. The Kier molecular flexibility index (Phi) is 9.66. The van der Waals surface area contributed by atoms with Crippen LogP contribution in [0.2, 0.25) is 10.0 Å². The van der Waals surface area contributed by atoms with Gasteiger partial charge in [-0.2, -0.15) is 0 Å². The van der Waals surface area contributed by atoms with Crippen LogP contribution in [0.15, 0.2) is 42.5 Å². The zero-order chi connectivity index (χ0) is 26.5. The van der Waals surface area contributed by atoms with E-state index < -0.39 is 28.5 Å². The Labute approximate surface area is 223 Å². The number of rotatable bonds is 10. The van der Waals surface area contributed by atoms with Gasteiger partial charge in [0, 0.05) is 28.2 Å². The number of carbonyl (C=O) groups is 2. The molecule has 0 unspecified atom stereocenters. The summed E-state index contributed by atoms with van der Waals surface area (Å²) in [5.74, 6) is -0.782. The molecular weight excluding hydrogens is 521 g/mol. The monoisotopic (exact) mass is 553 g/mol. The molecule has 1 saturated carbocycles. The summed E-state index contributed by atoms with van der Waals surface area (Å²) in [6, 6.07) is 11.3. The maximum absolute atomic E-state index is 13.8. The molecule has 0 aliphatic heterocycles. The first kappa shape index (κ1) is 28.3. The molecule has 1 aliphatic rings. The lowest BCUT2D eigenvalue weighted by Gasteiger charge is -2.34. The summed E-state index contributed by atoms with van der Waals surface area (Å²) < 4.78 is 26.6. The molecule has 7 nitrogen and oxygen atoms in total. The predicted octanol–water partition coefficient (Wildman–Crippen LogP) is 4.93. The van der Waals surface area contributed by atoms with Crippen LogP contribution >= 0.6 is 23.2 Å². The third kappa shape index (κ3) is 6.93. The van der Waals surface area contributed by atoms with Crippen LogP contribution in [0.3, 0.4) is 0 Å². The summed E-state index contributed by atoms with van der Waals surface area (Å²) in [6.07, 6.45) is 5.32. The highest BCUT2D eigenvalue weighted by Gasteiger charge is 2.34. The van der Waals surface area contributed by atoms with Gasteiger partial charge in [-0.3, -0.25) is 13.9 Å². The van der Waals surface area contributed by atoms with Gasteiger partial charge in [-0.05, 0) is 49.9 Å². The van der Waals surface area contributed by atoms with Crippen molar-refractivity contribution in [2.75, 3.05) is 17.1 Å². The summed E-state index contributed by atoms with van der Waals surface area (Å²) in [4.78, 5) is 28.5. The first-order valence-corrected chi connectivity index (χ1v) is 14.7. The molecule has 1 atom stereocenters. The number of para-hydroxylation sites is 1. The van der Waals surface area contributed by atoms with E-state index in [1.807, 2.05) is 6.92 Å². The van der Waals surface area contributed by atoms with Crippen LogP contribution in [-0.2, 0) is 26.2 Å². The highest BCUT2D eigenvalue weighted by Crippen LogP contribution is 2.28. The van der Waals surface area contributed by atoms with E-state index in [1.54, 1.807) is 49.4 Å². The van der Waals surface area contributed by atoms with Crippen LogP contribution in [0.1, 0.15) is 50.2 Å². The lowest BCUT2D eigenvalue weighted by atomic mass is 10.1. The Morgan fingerprint density at radius 3 is 2.22 bits per heavy atom. The molecule has 3 rings (SSSR count). The molecule has 1 N–H and O–H groups in total. The van der Waals surface area contributed by atoms with Crippen LogP contribution in [-0.4, -0.2) is 50.0 Å². The second-order valence-corrected chi connectivity index (χ2v) is 11.9. The first-order chi connectivity index (χ1) is 17.0. The molecule has 0 heterocycles. The van der Waals surface area contributed by atoms with Gasteiger partial charge < -0.3 is 10.2 Å². The van der Waals surface area contributed by atoms with E-state index in [0.717, 1.165) is 36.2 Å². The molecule has 10 heteroatoms. The Morgan fingerprint density at radius 2 is 1.67 bits per heavy atom. The van der Waals surface area contributed by atoms with Gasteiger partial charge in [-0.1, -0.05) is 67.2 Å². The number of carbonyl (C=O) groups excluding carboxylic acids is 2. The molecule has 36 heavy (non-hydrogen) atoms. The Hall–Kier alpha value is -2.29. The summed E-state index contributed by atoms with van der Waals surface area (Å²) in [6.45, 7) is 3.12. The standard InChI is InChI=1S/C26H33Cl2N3O4S/c1-4-23(26(33)29-19-11-6-7-12-19)30(16-20-21(27)13-9-14-22(20)28)25(32)17-31(36(3,34)35)24-15-8-5-10-18(24)2/h5,8-10,13-15,19,23H,4,6-7,11-12,16-17H2,1-3H3,(H,29,33)/t23-/m1/s1. The zero-order valence-electron chi connectivity index (χ0n) is 20.8. The molecule has 196 valence electrons. The largest absolute Gasteiger partial charge is 0.352 e. The minimum absolute atomic E-state index is 0.0285. The van der Waals surface area contributed by atoms with Crippen molar-refractivity contribution in [3.63, 3.8) is 0 Å². The van der Waals surface area contributed by atoms with Gasteiger partial charge in [-0.25, -0.2) is 8.42 Å². The van der Waals surface area contributed by atoms with Crippen LogP contribution in [0.25, 0.3) is 0 Å². The number of hydrogen-bond donors (Lipinski definition) is 1. The van der Waals surface area contributed by atoms with Crippen molar-refractivity contribution in [1.82, 2.24) is 10.2 Å².